The van der Waals surface area contributed by atoms with E-state index in [1.54, 1.807) is 34.5 Å². The van der Waals surface area contributed by atoms with E-state index in [1.807, 2.05) is 62.4 Å². The number of carbonyl (C=O) groups is 3. The largest absolute Gasteiger partial charge is 0.456 e. The maximum atomic E-state index is 13.6. The Morgan fingerprint density at radius 2 is 1.77 bits per heavy atom. The van der Waals surface area contributed by atoms with Crippen LogP contribution in [0.5, 0.6) is 0 Å². The van der Waals surface area contributed by atoms with Crippen LogP contribution in [0, 0.1) is 12.3 Å². The Morgan fingerprint density at radius 1 is 1.02 bits per heavy atom. The Balaban J connectivity index is 1.18. The van der Waals surface area contributed by atoms with Gasteiger partial charge >= 0.3 is 0 Å². The van der Waals surface area contributed by atoms with E-state index >= 15 is 0 Å². The van der Waals surface area contributed by atoms with Crippen molar-refractivity contribution in [2.75, 3.05) is 13.1 Å². The van der Waals surface area contributed by atoms with Gasteiger partial charge in [0.25, 0.3) is 5.91 Å². The summed E-state index contributed by atoms with van der Waals surface area (Å²) in [6.45, 7) is 4.02. The lowest BCUT2D eigenvalue weighted by Crippen LogP contribution is -2.49. The first-order chi connectivity index (χ1) is 21.2. The molecule has 0 spiro atoms. The lowest BCUT2D eigenvalue weighted by molar-refractivity contribution is -0.137. The number of hydrogen-bond acceptors (Lipinski definition) is 6. The summed E-state index contributed by atoms with van der Waals surface area (Å²) in [5.41, 5.74) is 10.3. The van der Waals surface area contributed by atoms with Crippen molar-refractivity contribution in [1.82, 2.24) is 15.5 Å². The van der Waals surface area contributed by atoms with E-state index in [2.05, 4.69) is 10.6 Å². The van der Waals surface area contributed by atoms with Crippen LogP contribution in [-0.2, 0) is 9.59 Å². The molecule has 9 nitrogen and oxygen atoms in total. The normalized spacial score (nSPS) is 17.1. The van der Waals surface area contributed by atoms with Gasteiger partial charge in [-0.3, -0.25) is 19.8 Å². The summed E-state index contributed by atoms with van der Waals surface area (Å²) in [6.07, 6.45) is 0.469. The number of rotatable bonds is 8. The average molecular weight is 608 g/mol. The van der Waals surface area contributed by atoms with Gasteiger partial charge in [0.1, 0.15) is 23.0 Å². The average Bonchev–Trinajstić information content (AvgIpc) is 3.77. The molecule has 0 unspecified atom stereocenters. The minimum absolute atomic E-state index is 0.0234. The van der Waals surface area contributed by atoms with Crippen molar-refractivity contribution < 1.29 is 18.8 Å². The Bertz CT molecular complexity index is 1910. The molecular weight excluding hydrogens is 574 g/mol. The molecular formula is C34H33N5O4S. The van der Waals surface area contributed by atoms with E-state index in [9.17, 15) is 14.4 Å². The van der Waals surface area contributed by atoms with Gasteiger partial charge in [0.15, 0.2) is 0 Å². The van der Waals surface area contributed by atoms with Crippen molar-refractivity contribution >= 4 is 56.8 Å². The second-order valence-electron chi connectivity index (χ2n) is 11.2. The molecule has 0 radical (unpaired) electrons. The minimum atomic E-state index is -0.702. The number of carbonyl (C=O) groups excluding carboxylic acids is 3. The van der Waals surface area contributed by atoms with E-state index < -0.39 is 6.04 Å². The first-order valence-electron chi connectivity index (χ1n) is 14.5. The van der Waals surface area contributed by atoms with Crippen molar-refractivity contribution in [2.24, 2.45) is 5.73 Å². The molecule has 3 aromatic carbocycles. The lowest BCUT2D eigenvalue weighted by atomic mass is 9.92. The number of fused-ring (bicyclic) bond motifs is 3. The maximum absolute atomic E-state index is 13.6. The lowest BCUT2D eigenvalue weighted by Gasteiger charge is -2.25. The standard InChI is InChI=1S/C34H33N5O4S/c1-19-7-3-4-8-24(19)22-14-27(34(42)38-20(2)30-15-23(18-44-30)32(35)36)39(17-22)31(40)16-37-33(41)21-11-12-29-26(13-21)25-9-5-6-10-28(25)43-29/h3-13,15,18,20,22,27H,14,16-17H2,1-2H3,(H3,35,36)(H,37,41)(H,38,42)/t20-,22+,27+/m1/s1. The third-order valence-electron chi connectivity index (χ3n) is 8.31. The molecule has 1 fully saturated rings. The molecule has 5 aromatic rings. The van der Waals surface area contributed by atoms with Crippen LogP contribution in [0.4, 0.5) is 0 Å². The minimum Gasteiger partial charge on any atom is -0.456 e. The molecule has 0 saturated carbocycles. The van der Waals surface area contributed by atoms with E-state index in [-0.39, 0.29) is 42.1 Å². The number of thiophene rings is 1. The summed E-state index contributed by atoms with van der Waals surface area (Å²) in [4.78, 5) is 42.9. The summed E-state index contributed by atoms with van der Waals surface area (Å²) < 4.78 is 5.86. The van der Waals surface area contributed by atoms with Crippen LogP contribution < -0.4 is 16.4 Å². The highest BCUT2D eigenvalue weighted by molar-refractivity contribution is 7.10. The van der Waals surface area contributed by atoms with Gasteiger partial charge in [-0.15, -0.1) is 11.3 Å². The van der Waals surface area contributed by atoms with E-state index in [0.717, 1.165) is 32.4 Å². The molecule has 6 rings (SSSR count). The van der Waals surface area contributed by atoms with Crippen molar-refractivity contribution in [3.63, 3.8) is 0 Å². The zero-order valence-electron chi connectivity index (χ0n) is 24.4. The Morgan fingerprint density at radius 3 is 2.55 bits per heavy atom. The van der Waals surface area contributed by atoms with E-state index in [0.29, 0.717) is 29.7 Å². The van der Waals surface area contributed by atoms with Crippen molar-refractivity contribution in [1.29, 1.82) is 5.41 Å². The van der Waals surface area contributed by atoms with Gasteiger partial charge in [-0.1, -0.05) is 42.5 Å². The predicted octanol–water partition coefficient (Wildman–Crippen LogP) is 5.23. The molecule has 3 atom stereocenters. The smallest absolute Gasteiger partial charge is 0.251 e. The van der Waals surface area contributed by atoms with Crippen LogP contribution in [0.1, 0.15) is 57.2 Å². The highest BCUT2D eigenvalue weighted by atomic mass is 32.1. The summed E-state index contributed by atoms with van der Waals surface area (Å²) in [5.74, 6) is -1.02. The summed E-state index contributed by atoms with van der Waals surface area (Å²) in [7, 11) is 0. The van der Waals surface area contributed by atoms with Gasteiger partial charge < -0.3 is 25.7 Å². The fourth-order valence-electron chi connectivity index (χ4n) is 5.96. The Kier molecular flexibility index (Phi) is 7.92. The molecule has 2 aromatic heterocycles. The summed E-state index contributed by atoms with van der Waals surface area (Å²) in [6, 6.07) is 21.6. The van der Waals surface area contributed by atoms with Crippen molar-refractivity contribution in [2.45, 2.75) is 38.3 Å². The zero-order chi connectivity index (χ0) is 31.0. The quantitative estimate of drug-likeness (QED) is 0.141. The number of hydrogen-bond donors (Lipinski definition) is 4. The number of likely N-dealkylation sites (tertiary alicyclic amines) is 1. The van der Waals surface area contributed by atoms with Crippen molar-refractivity contribution in [3.05, 3.63) is 105 Å². The van der Waals surface area contributed by atoms with Crippen molar-refractivity contribution in [3.8, 4) is 0 Å². The van der Waals surface area contributed by atoms with Gasteiger partial charge in [0.05, 0.1) is 12.6 Å². The van der Waals surface area contributed by atoms with Gasteiger partial charge in [0, 0.05) is 44.6 Å². The number of para-hydroxylation sites is 1. The van der Waals surface area contributed by atoms with E-state index in [1.165, 1.54) is 11.3 Å². The molecule has 5 N–H and O–H groups in total. The van der Waals surface area contributed by atoms with Crippen LogP contribution in [0.25, 0.3) is 21.9 Å². The van der Waals surface area contributed by atoms with Gasteiger partial charge in [-0.25, -0.2) is 0 Å². The number of amides is 3. The number of nitrogens with one attached hydrogen (secondary N) is 3. The number of nitrogen functional groups attached to an aromatic ring is 1. The molecule has 10 heteroatoms. The first kappa shape index (κ1) is 29.1. The van der Waals surface area contributed by atoms with Crippen LogP contribution >= 0.6 is 11.3 Å². The third-order valence-corrected chi connectivity index (χ3v) is 9.42. The van der Waals surface area contributed by atoms with Crippen LogP contribution in [0.2, 0.25) is 0 Å². The molecule has 1 aliphatic heterocycles. The van der Waals surface area contributed by atoms with Gasteiger partial charge in [0.2, 0.25) is 11.8 Å². The molecule has 1 saturated heterocycles. The SMILES string of the molecule is Cc1ccccc1[C@H]1C[C@@H](C(=O)N[C@H](C)c2cc(C(=N)N)cs2)N(C(=O)CNC(=O)c2ccc3oc4ccccc4c3c2)C1. The predicted molar refractivity (Wildman–Crippen MR) is 172 cm³/mol. The maximum Gasteiger partial charge on any atom is 0.251 e. The molecule has 1 aliphatic rings. The Hall–Kier alpha value is -4.96. The molecule has 0 bridgehead atoms. The monoisotopic (exact) mass is 607 g/mol. The summed E-state index contributed by atoms with van der Waals surface area (Å²) >= 11 is 1.42. The zero-order valence-corrected chi connectivity index (χ0v) is 25.2. The topological polar surface area (TPSA) is 142 Å². The third kappa shape index (κ3) is 5.68. The molecule has 3 heterocycles. The van der Waals surface area contributed by atoms with Gasteiger partial charge in [-0.05, 0) is 61.7 Å². The van der Waals surface area contributed by atoms with Crippen LogP contribution in [0.3, 0.4) is 0 Å². The number of nitrogens with zero attached hydrogens (tertiary/aromatic N) is 1. The fourth-order valence-corrected chi connectivity index (χ4v) is 6.88. The van der Waals surface area contributed by atoms with Crippen LogP contribution in [-0.4, -0.2) is 47.6 Å². The van der Waals surface area contributed by atoms with E-state index in [4.69, 9.17) is 15.6 Å². The highest BCUT2D eigenvalue weighted by Gasteiger charge is 2.40. The highest BCUT2D eigenvalue weighted by Crippen LogP contribution is 2.34. The number of nitrogens with two attached hydrogens (primary N) is 1. The summed E-state index contributed by atoms with van der Waals surface area (Å²) in [5, 5.41) is 17.0. The molecule has 224 valence electrons. The number of furan rings is 1. The number of amidine groups is 1. The molecule has 44 heavy (non-hydrogen) atoms. The molecule has 0 aliphatic carbocycles. The second kappa shape index (κ2) is 12.0. The molecule has 3 amide bonds. The van der Waals surface area contributed by atoms with Crippen LogP contribution in [0.15, 0.2) is 82.6 Å². The van der Waals surface area contributed by atoms with Gasteiger partial charge in [-0.2, -0.15) is 0 Å². The first-order valence-corrected chi connectivity index (χ1v) is 15.3. The number of benzene rings is 3. The number of aryl methyl sites for hydroxylation is 1. The second-order valence-corrected chi connectivity index (χ2v) is 12.2. The fraction of sp³-hybridized carbons (Fsp3) is 0.235. The Labute approximate surface area is 258 Å².